The SMILES string of the molecule is Cc1nn(-c2ccccc2)c2c1C(c1c(F)cccc1Cl)N1C(=N2)C(N2CCN(c3ccc(F)cc3)CC2)=Nc2ccccc21. The van der Waals surface area contributed by atoms with Gasteiger partial charge in [0, 0.05) is 48.0 Å². The highest BCUT2D eigenvalue weighted by Gasteiger charge is 2.44. The lowest BCUT2D eigenvalue weighted by Gasteiger charge is -2.44. The molecule has 0 N–H and O–H groups in total. The van der Waals surface area contributed by atoms with Crippen molar-refractivity contribution in [3.8, 4) is 5.69 Å². The molecule has 224 valence electrons. The summed E-state index contributed by atoms with van der Waals surface area (Å²) in [6.07, 6.45) is 0. The summed E-state index contributed by atoms with van der Waals surface area (Å²) in [5, 5.41) is 5.26. The fourth-order valence-electron chi connectivity index (χ4n) is 6.53. The molecule has 45 heavy (non-hydrogen) atoms. The van der Waals surface area contributed by atoms with Crippen molar-refractivity contribution in [2.45, 2.75) is 13.0 Å². The van der Waals surface area contributed by atoms with E-state index in [4.69, 9.17) is 26.7 Å². The molecule has 3 aliphatic heterocycles. The highest BCUT2D eigenvalue weighted by atomic mass is 35.5. The van der Waals surface area contributed by atoms with Crippen LogP contribution in [0.4, 0.5) is 31.7 Å². The molecular formula is C35H28ClF2N7. The number of piperazine rings is 1. The van der Waals surface area contributed by atoms with Crippen LogP contribution in [0.15, 0.2) is 107 Å². The van der Waals surface area contributed by atoms with E-state index in [1.54, 1.807) is 12.1 Å². The first kappa shape index (κ1) is 27.5. The van der Waals surface area contributed by atoms with Crippen molar-refractivity contribution in [3.05, 3.63) is 131 Å². The predicted molar refractivity (Wildman–Crippen MR) is 175 cm³/mol. The summed E-state index contributed by atoms with van der Waals surface area (Å²) >= 11 is 6.83. The molecule has 0 aliphatic carbocycles. The molecule has 8 rings (SSSR count). The second-order valence-electron chi connectivity index (χ2n) is 11.3. The van der Waals surface area contributed by atoms with E-state index >= 15 is 4.39 Å². The second-order valence-corrected chi connectivity index (χ2v) is 11.7. The second kappa shape index (κ2) is 10.9. The number of anilines is 2. The molecule has 1 aromatic heterocycles. The monoisotopic (exact) mass is 619 g/mol. The number of fused-ring (bicyclic) bond motifs is 4. The van der Waals surface area contributed by atoms with Gasteiger partial charge in [0.25, 0.3) is 0 Å². The molecule has 0 amide bonds. The largest absolute Gasteiger partial charge is 0.368 e. The Morgan fingerprint density at radius 2 is 1.40 bits per heavy atom. The van der Waals surface area contributed by atoms with E-state index in [2.05, 4.69) is 14.7 Å². The lowest BCUT2D eigenvalue weighted by Crippen LogP contribution is -2.55. The van der Waals surface area contributed by atoms with Gasteiger partial charge in [-0.25, -0.2) is 23.4 Å². The Kier molecular flexibility index (Phi) is 6.64. The van der Waals surface area contributed by atoms with Gasteiger partial charge in [-0.2, -0.15) is 5.10 Å². The third-order valence-electron chi connectivity index (χ3n) is 8.67. The molecule has 10 heteroatoms. The van der Waals surface area contributed by atoms with Crippen LogP contribution in [-0.2, 0) is 0 Å². The van der Waals surface area contributed by atoms with Crippen LogP contribution in [0.2, 0.25) is 5.02 Å². The summed E-state index contributed by atoms with van der Waals surface area (Å²) in [7, 11) is 0. The number of aromatic nitrogens is 2. The van der Waals surface area contributed by atoms with Crippen LogP contribution >= 0.6 is 11.6 Å². The average Bonchev–Trinajstić information content (AvgIpc) is 3.40. The van der Waals surface area contributed by atoms with Crippen molar-refractivity contribution < 1.29 is 8.78 Å². The normalized spacial score (nSPS) is 17.3. The average molecular weight is 620 g/mol. The molecule has 0 radical (unpaired) electrons. The standard InChI is InChI=1S/C35H28ClF2N7/c1-22-30-32(31-26(36)10-7-11-27(31)38)44-29-13-6-5-12-28(29)39-34(35(44)40-33(30)45(41-22)25-8-3-2-4-9-25)43-20-18-42(19-21-43)24-16-14-23(37)15-17-24/h2-17,32H,18-21H2,1H3. The summed E-state index contributed by atoms with van der Waals surface area (Å²) in [6.45, 7) is 4.70. The van der Waals surface area contributed by atoms with E-state index < -0.39 is 11.9 Å². The Morgan fingerprint density at radius 3 is 2.16 bits per heavy atom. The van der Waals surface area contributed by atoms with Crippen LogP contribution in [-0.4, -0.2) is 52.5 Å². The maximum absolute atomic E-state index is 16.0. The molecule has 0 saturated carbocycles. The summed E-state index contributed by atoms with van der Waals surface area (Å²) < 4.78 is 31.4. The zero-order chi connectivity index (χ0) is 30.7. The highest BCUT2D eigenvalue weighted by Crippen LogP contribution is 2.50. The van der Waals surface area contributed by atoms with E-state index in [-0.39, 0.29) is 5.82 Å². The zero-order valence-corrected chi connectivity index (χ0v) is 25.2. The molecule has 3 aliphatic rings. The van der Waals surface area contributed by atoms with Crippen molar-refractivity contribution in [2.24, 2.45) is 9.98 Å². The first-order chi connectivity index (χ1) is 22.0. The number of para-hydroxylation sites is 3. The van der Waals surface area contributed by atoms with E-state index in [0.29, 0.717) is 54.3 Å². The van der Waals surface area contributed by atoms with Crippen LogP contribution in [0, 0.1) is 18.6 Å². The smallest absolute Gasteiger partial charge is 0.179 e. The van der Waals surface area contributed by atoms with Gasteiger partial charge in [-0.3, -0.25) is 0 Å². The van der Waals surface area contributed by atoms with Crippen LogP contribution in [0.5, 0.6) is 0 Å². The molecule has 1 fully saturated rings. The lowest BCUT2D eigenvalue weighted by atomic mass is 9.92. The number of aryl methyl sites for hydroxylation is 1. The summed E-state index contributed by atoms with van der Waals surface area (Å²) in [6, 6.07) is 28.4. The molecule has 0 spiro atoms. The minimum atomic E-state index is -0.647. The van der Waals surface area contributed by atoms with Crippen molar-refractivity contribution in [1.29, 1.82) is 0 Å². The lowest BCUT2D eigenvalue weighted by molar-refractivity contribution is 0.389. The zero-order valence-electron chi connectivity index (χ0n) is 24.4. The fourth-order valence-corrected chi connectivity index (χ4v) is 6.80. The van der Waals surface area contributed by atoms with Crippen LogP contribution in [0.25, 0.3) is 5.69 Å². The van der Waals surface area contributed by atoms with Gasteiger partial charge in [-0.15, -0.1) is 0 Å². The number of amidine groups is 2. The number of benzene rings is 4. The number of hydrogen-bond donors (Lipinski definition) is 0. The highest BCUT2D eigenvalue weighted by molar-refractivity contribution is 6.48. The maximum Gasteiger partial charge on any atom is 0.179 e. The van der Waals surface area contributed by atoms with Gasteiger partial charge in [-0.1, -0.05) is 48.0 Å². The molecule has 5 aromatic rings. The van der Waals surface area contributed by atoms with E-state index in [1.165, 1.54) is 18.2 Å². The number of rotatable bonds is 3. The Balaban J connectivity index is 1.30. The number of aliphatic imine (C=N–C) groups is 2. The van der Waals surface area contributed by atoms with Gasteiger partial charge < -0.3 is 14.7 Å². The quantitative estimate of drug-likeness (QED) is 0.209. The van der Waals surface area contributed by atoms with Crippen molar-refractivity contribution >= 4 is 46.2 Å². The van der Waals surface area contributed by atoms with E-state index in [9.17, 15) is 4.39 Å². The van der Waals surface area contributed by atoms with Crippen LogP contribution in [0.1, 0.15) is 22.9 Å². The molecule has 1 saturated heterocycles. The van der Waals surface area contributed by atoms with Gasteiger partial charge >= 0.3 is 0 Å². The molecule has 4 heterocycles. The summed E-state index contributed by atoms with van der Waals surface area (Å²) in [5.74, 6) is 1.27. The molecule has 0 bridgehead atoms. The molecule has 4 aromatic carbocycles. The topological polar surface area (TPSA) is 52.3 Å². The predicted octanol–water partition coefficient (Wildman–Crippen LogP) is 7.62. The molecule has 1 unspecified atom stereocenters. The first-order valence-electron chi connectivity index (χ1n) is 14.9. The Bertz CT molecular complexity index is 1960. The van der Waals surface area contributed by atoms with Gasteiger partial charge in [-0.05, 0) is 67.6 Å². The molecular weight excluding hydrogens is 592 g/mol. The maximum atomic E-state index is 16.0. The van der Waals surface area contributed by atoms with Crippen molar-refractivity contribution in [3.63, 3.8) is 0 Å². The Labute approximate surface area is 264 Å². The fraction of sp³-hybridized carbons (Fsp3) is 0.171. The van der Waals surface area contributed by atoms with E-state index in [0.717, 1.165) is 34.0 Å². The van der Waals surface area contributed by atoms with Gasteiger partial charge in [0.1, 0.15) is 11.6 Å². The van der Waals surface area contributed by atoms with Gasteiger partial charge in [0.15, 0.2) is 17.5 Å². The number of hydrogen-bond acceptors (Lipinski definition) is 6. The summed E-state index contributed by atoms with van der Waals surface area (Å²) in [5.41, 5.74) is 5.28. The van der Waals surface area contributed by atoms with Crippen molar-refractivity contribution in [1.82, 2.24) is 14.7 Å². The minimum absolute atomic E-state index is 0.253. The molecule has 7 nitrogen and oxygen atoms in total. The van der Waals surface area contributed by atoms with Crippen LogP contribution < -0.4 is 9.80 Å². The summed E-state index contributed by atoms with van der Waals surface area (Å²) in [4.78, 5) is 17.0. The third-order valence-corrected chi connectivity index (χ3v) is 9.00. The minimum Gasteiger partial charge on any atom is -0.368 e. The number of halogens is 3. The van der Waals surface area contributed by atoms with Gasteiger partial charge in [0.05, 0.1) is 28.8 Å². The van der Waals surface area contributed by atoms with Crippen molar-refractivity contribution in [2.75, 3.05) is 36.0 Å². The number of nitrogens with zero attached hydrogens (tertiary/aromatic N) is 7. The Morgan fingerprint density at radius 1 is 0.689 bits per heavy atom. The molecule has 1 atom stereocenters. The third kappa shape index (κ3) is 4.57. The Hall–Kier alpha value is -5.02. The van der Waals surface area contributed by atoms with E-state index in [1.807, 2.05) is 78.3 Å². The van der Waals surface area contributed by atoms with Crippen LogP contribution in [0.3, 0.4) is 0 Å². The first-order valence-corrected chi connectivity index (χ1v) is 15.3. The van der Waals surface area contributed by atoms with Gasteiger partial charge in [0.2, 0.25) is 0 Å².